The fourth-order valence-corrected chi connectivity index (χ4v) is 7.87. The van der Waals surface area contributed by atoms with E-state index in [0.29, 0.717) is 23.0 Å². The van der Waals surface area contributed by atoms with Crippen molar-refractivity contribution >= 4 is 50.7 Å². The molecule has 8 aromatic rings. The van der Waals surface area contributed by atoms with Gasteiger partial charge < -0.3 is 4.74 Å². The van der Waals surface area contributed by atoms with Gasteiger partial charge in [-0.15, -0.1) is 0 Å². The molecule has 0 radical (unpaired) electrons. The van der Waals surface area contributed by atoms with Crippen molar-refractivity contribution in [2.45, 2.75) is 72.9 Å². The summed E-state index contributed by atoms with van der Waals surface area (Å²) >= 11 is 0. The summed E-state index contributed by atoms with van der Waals surface area (Å²) in [5, 5.41) is 0.886. The first kappa shape index (κ1) is 24.9. The normalized spacial score (nSPS) is 16.8. The second-order valence-corrected chi connectivity index (χ2v) is 15.9. The maximum atomic E-state index is 9.24. The van der Waals surface area contributed by atoms with E-state index in [9.17, 15) is 1.37 Å². The summed E-state index contributed by atoms with van der Waals surface area (Å²) in [5.41, 5.74) is 4.97. The summed E-state index contributed by atoms with van der Waals surface area (Å²) in [6.07, 6.45) is 3.56. The molecule has 0 spiro atoms. The Morgan fingerprint density at radius 3 is 2.10 bits per heavy atom. The molecule has 0 fully saturated rings. The minimum Gasteiger partial charge on any atom is -0.457 e. The summed E-state index contributed by atoms with van der Waals surface area (Å²) in [5.74, 6) is 1.58. The molecule has 5 aromatic carbocycles. The highest BCUT2D eigenvalue weighted by Crippen LogP contribution is 2.42. The van der Waals surface area contributed by atoms with Gasteiger partial charge in [0, 0.05) is 66.5 Å². The molecule has 9 rings (SSSR count). The van der Waals surface area contributed by atoms with Crippen molar-refractivity contribution < 1.29 is 22.6 Å². The highest BCUT2D eigenvalue weighted by Gasteiger charge is 2.37. The lowest BCUT2D eigenvalue weighted by molar-refractivity contribution is 0.483. The van der Waals surface area contributed by atoms with Gasteiger partial charge in [0.25, 0.3) is 11.4 Å². The fourth-order valence-electron chi connectivity index (χ4n) is 7.87. The van der Waals surface area contributed by atoms with Gasteiger partial charge in [-0.2, -0.15) is 0 Å². The molecule has 6 heteroatoms. The van der Waals surface area contributed by atoms with E-state index in [1.165, 1.54) is 21.3 Å². The number of hydrogen-bond acceptors (Lipinski definition) is 3. The van der Waals surface area contributed by atoms with Gasteiger partial charge in [-0.05, 0) is 117 Å². The van der Waals surface area contributed by atoms with Crippen LogP contribution in [0.5, 0.6) is 11.5 Å². The number of ether oxygens (including phenoxy) is 1. The van der Waals surface area contributed by atoms with Crippen LogP contribution in [0.1, 0.15) is 87.0 Å². The smallest absolute Gasteiger partial charge is 0.457 e. The summed E-state index contributed by atoms with van der Waals surface area (Å²) in [6, 6.07) is 29.6. The molecule has 0 saturated carbocycles. The lowest BCUT2D eigenvalue weighted by Crippen LogP contribution is -2.12. The molecule has 0 bridgehead atoms. The molecule has 1 aliphatic heterocycles. The molecule has 1 aliphatic rings. The van der Waals surface area contributed by atoms with E-state index in [1.807, 2.05) is 69.3 Å². The van der Waals surface area contributed by atoms with E-state index in [-0.39, 0.29) is 28.5 Å². The average molecular weight is 773 g/mol. The van der Waals surface area contributed by atoms with Crippen molar-refractivity contribution in [3.8, 4) is 28.4 Å². The lowest BCUT2D eigenvalue weighted by Gasteiger charge is -2.20. The highest BCUT2D eigenvalue weighted by molar-refractivity contribution is 6.07. The van der Waals surface area contributed by atoms with Crippen molar-refractivity contribution in [2.75, 3.05) is 0 Å². The van der Waals surface area contributed by atoms with E-state index in [0.717, 1.165) is 67.4 Å². The molecule has 0 N–H and O–H groups in total. The first-order valence-electron chi connectivity index (χ1n) is 25.5. The Kier molecular flexibility index (Phi) is 5.92. The van der Waals surface area contributed by atoms with Gasteiger partial charge in [0.2, 0.25) is 11.4 Å². The number of rotatable bonds is 6. The summed E-state index contributed by atoms with van der Waals surface area (Å²) < 4.78 is 122. The largest absolute Gasteiger partial charge is 0.503 e. The number of para-hydroxylation sites is 2. The molecule has 58 heavy (non-hydrogen) atoms. The predicted octanol–water partition coefficient (Wildman–Crippen LogP) is 13.4. The van der Waals surface area contributed by atoms with Crippen LogP contribution in [0.15, 0.2) is 134 Å². The number of pyridine rings is 2. The van der Waals surface area contributed by atoms with Gasteiger partial charge in [-0.3, -0.25) is 9.55 Å². The van der Waals surface area contributed by atoms with Crippen molar-refractivity contribution in [1.29, 1.82) is 0 Å². The van der Waals surface area contributed by atoms with E-state index >= 15 is 0 Å². The Bertz CT molecular complexity index is 3520. The summed E-state index contributed by atoms with van der Waals surface area (Å²) in [7, 11) is 0. The van der Waals surface area contributed by atoms with Crippen LogP contribution in [-0.4, -0.2) is 20.5 Å². The van der Waals surface area contributed by atoms with Crippen LogP contribution in [-0.2, 0) is 10.8 Å². The number of benzene rings is 5. The maximum Gasteiger partial charge on any atom is 0.503 e. The van der Waals surface area contributed by atoms with E-state index in [4.69, 9.17) is 31.2 Å². The Balaban J connectivity index is 1.26. The quantitative estimate of drug-likeness (QED) is 0.158. The first-order chi connectivity index (χ1) is 33.1. The molecular formula is C52H49N5O+2. The standard InChI is InChI=1S/C52H49N5O/c1-33-25-34(2)49(35(3)26-33)36-27-40(56-32-55(44-13-10-11-14-45(44)56)39-18-16-37(17-19-39)51(4,5)6)30-42(28-36)58-41-20-21-43-47(31-41)57(46-15-12-23-54-50(43)46)48-29-38(22-24-53-48)52(7,8)9/h10-31H,1-9H3/q+2/i4D3,5D3,6D3,10D,11D,13D,14D. The van der Waals surface area contributed by atoms with Gasteiger partial charge in [0.15, 0.2) is 0 Å². The summed E-state index contributed by atoms with van der Waals surface area (Å²) in [4.78, 5) is 9.56. The molecule has 0 unspecified atom stereocenters. The van der Waals surface area contributed by atoms with E-state index < -0.39 is 49.7 Å². The highest BCUT2D eigenvalue weighted by atomic mass is 16.5. The second kappa shape index (κ2) is 13.8. The number of aryl methyl sites for hydroxylation is 3. The van der Waals surface area contributed by atoms with Gasteiger partial charge in [-0.25, -0.2) is 4.98 Å². The van der Waals surface area contributed by atoms with E-state index in [2.05, 4.69) is 49.5 Å². The number of aromatic nitrogens is 3. The van der Waals surface area contributed by atoms with Crippen molar-refractivity contribution in [3.05, 3.63) is 161 Å². The molecule has 0 amide bonds. The molecule has 0 saturated heterocycles. The van der Waals surface area contributed by atoms with Crippen molar-refractivity contribution in [1.82, 2.24) is 23.7 Å². The molecule has 3 aromatic heterocycles. The third kappa shape index (κ3) is 6.60. The minimum absolute atomic E-state index is 0.0101. The molecule has 4 heterocycles. The second-order valence-electron chi connectivity index (χ2n) is 15.9. The Morgan fingerprint density at radius 2 is 1.40 bits per heavy atom. The molecule has 0 atom stereocenters. The molecule has 0 aliphatic carbocycles. The fraction of sp³-hybridized carbons (Fsp3) is 0.212. The minimum atomic E-state index is -3.49. The van der Waals surface area contributed by atoms with Gasteiger partial charge >= 0.3 is 6.01 Å². The number of fused-ring (bicyclic) bond motifs is 4. The Hall–Kier alpha value is -6.62. The van der Waals surface area contributed by atoms with Crippen LogP contribution in [0.2, 0.25) is 0 Å². The van der Waals surface area contributed by atoms with Crippen LogP contribution in [0.25, 0.3) is 38.9 Å². The third-order valence-corrected chi connectivity index (χ3v) is 10.5. The zero-order chi connectivity index (χ0) is 51.5. The van der Waals surface area contributed by atoms with Crippen molar-refractivity contribution in [3.63, 3.8) is 0 Å². The van der Waals surface area contributed by atoms with Crippen LogP contribution in [0.4, 0.5) is 22.7 Å². The van der Waals surface area contributed by atoms with Crippen molar-refractivity contribution in [2.24, 2.45) is 0 Å². The SMILES string of the molecule is [2H]c1c([2H])c([2H])c2c(c1[2H])[N+](c1ccc(C(C([2H])([2H])[2H])(C([2H])([2H])[2H])C([2H])([2H])[2H])cc1)=C=[N+]2c1cc(Oc2ccc3c4ncccc4n(-c4cc(C(C)(C)C)ccn4)c3c2)cc(-c2c(C)cc(C)cc2C)c1. The van der Waals surface area contributed by atoms with Crippen LogP contribution < -0.4 is 13.9 Å². The third-order valence-electron chi connectivity index (χ3n) is 10.5. The Labute approximate surface area is 359 Å². The zero-order valence-electron chi connectivity index (χ0n) is 46.0. The monoisotopic (exact) mass is 772 g/mol. The topological polar surface area (TPSA) is 46.0 Å². The van der Waals surface area contributed by atoms with Crippen LogP contribution in [0, 0.1) is 20.8 Å². The van der Waals surface area contributed by atoms with Crippen LogP contribution in [0.3, 0.4) is 0 Å². The molecule has 286 valence electrons. The zero-order valence-corrected chi connectivity index (χ0v) is 33.0. The van der Waals surface area contributed by atoms with Gasteiger partial charge in [-0.1, -0.05) is 83.2 Å². The first-order valence-corrected chi connectivity index (χ1v) is 19.0. The van der Waals surface area contributed by atoms with E-state index in [1.54, 1.807) is 18.5 Å². The molecule has 6 nitrogen and oxygen atoms in total. The Morgan fingerprint density at radius 1 is 0.672 bits per heavy atom. The average Bonchev–Trinajstić information content (AvgIpc) is 3.83. The number of nitrogens with zero attached hydrogens (tertiary/aromatic N) is 5. The maximum absolute atomic E-state index is 9.24. The lowest BCUT2D eigenvalue weighted by atomic mass is 9.87. The number of hydrogen-bond donors (Lipinski definition) is 0. The summed E-state index contributed by atoms with van der Waals surface area (Å²) in [6.45, 7) is 2.01. The molecular weight excluding hydrogens is 711 g/mol. The predicted molar refractivity (Wildman–Crippen MR) is 241 cm³/mol. The van der Waals surface area contributed by atoms with Crippen LogP contribution >= 0.6 is 0 Å². The van der Waals surface area contributed by atoms with Gasteiger partial charge in [0.05, 0.1) is 28.1 Å². The van der Waals surface area contributed by atoms with Gasteiger partial charge in [0.1, 0.15) is 17.3 Å².